The largest absolute Gasteiger partial charge is 0.399 e. The van der Waals surface area contributed by atoms with Crippen molar-refractivity contribution in [2.75, 3.05) is 5.73 Å². The summed E-state index contributed by atoms with van der Waals surface area (Å²) in [5.41, 5.74) is 10.0. The van der Waals surface area contributed by atoms with Gasteiger partial charge in [0, 0.05) is 5.69 Å². The lowest BCUT2D eigenvalue weighted by atomic mass is 9.90. The van der Waals surface area contributed by atoms with Crippen molar-refractivity contribution in [2.24, 2.45) is 0 Å². The zero-order valence-electron chi connectivity index (χ0n) is 6.43. The molecule has 11 heavy (non-hydrogen) atoms. The summed E-state index contributed by atoms with van der Waals surface area (Å²) >= 11 is 0. The lowest BCUT2D eigenvalue weighted by Gasteiger charge is -2.06. The zero-order chi connectivity index (χ0) is 7.84. The number of hydrogen-bond acceptors (Lipinski definition) is 1. The van der Waals surface area contributed by atoms with E-state index < -0.39 is 0 Å². The SMILES string of the molecule is [B]c1ccc2c(c1N)CCC2. The Morgan fingerprint density at radius 3 is 2.91 bits per heavy atom. The molecule has 54 valence electrons. The Balaban J connectivity index is 2.62. The predicted molar refractivity (Wildman–Crippen MR) is 48.3 cm³/mol. The molecule has 0 heterocycles. The number of hydrogen-bond donors (Lipinski definition) is 1. The third kappa shape index (κ3) is 0.935. The summed E-state index contributed by atoms with van der Waals surface area (Å²) in [6.45, 7) is 0. The van der Waals surface area contributed by atoms with Crippen molar-refractivity contribution >= 4 is 19.0 Å². The molecule has 0 aromatic heterocycles. The Morgan fingerprint density at radius 1 is 1.27 bits per heavy atom. The summed E-state index contributed by atoms with van der Waals surface area (Å²) in [5.74, 6) is 0. The smallest absolute Gasteiger partial charge is 0.116 e. The molecule has 2 N–H and O–H groups in total. The first kappa shape index (κ1) is 6.77. The Kier molecular flexibility index (Phi) is 1.41. The minimum atomic E-state index is 0.727. The van der Waals surface area contributed by atoms with Gasteiger partial charge in [-0.3, -0.25) is 0 Å². The maximum atomic E-state index is 5.81. The summed E-state index contributed by atoms with van der Waals surface area (Å²) < 4.78 is 0. The molecule has 1 nitrogen and oxygen atoms in total. The summed E-state index contributed by atoms with van der Waals surface area (Å²) in [5, 5.41) is 0. The van der Waals surface area contributed by atoms with Crippen molar-refractivity contribution in [2.45, 2.75) is 19.3 Å². The summed E-state index contributed by atoms with van der Waals surface area (Å²) in [6.07, 6.45) is 3.50. The highest BCUT2D eigenvalue weighted by molar-refractivity contribution is 6.35. The number of aryl methyl sites for hydroxylation is 1. The highest BCUT2D eigenvalue weighted by Crippen LogP contribution is 2.24. The van der Waals surface area contributed by atoms with Crippen molar-refractivity contribution < 1.29 is 0 Å². The highest BCUT2D eigenvalue weighted by atomic mass is 14.6. The molecule has 2 rings (SSSR count). The number of anilines is 1. The van der Waals surface area contributed by atoms with Crippen LogP contribution in [0.15, 0.2) is 12.1 Å². The lowest BCUT2D eigenvalue weighted by molar-refractivity contribution is 0.912. The van der Waals surface area contributed by atoms with E-state index in [4.69, 9.17) is 13.6 Å². The first-order valence-electron chi connectivity index (χ1n) is 3.95. The third-order valence-electron chi connectivity index (χ3n) is 2.36. The zero-order valence-corrected chi connectivity index (χ0v) is 6.43. The van der Waals surface area contributed by atoms with Gasteiger partial charge in [0.1, 0.15) is 7.85 Å². The number of benzene rings is 1. The van der Waals surface area contributed by atoms with Crippen molar-refractivity contribution in [3.8, 4) is 0 Å². The highest BCUT2D eigenvalue weighted by Gasteiger charge is 2.13. The molecule has 0 bridgehead atoms. The lowest BCUT2D eigenvalue weighted by Crippen LogP contribution is -2.12. The van der Waals surface area contributed by atoms with Gasteiger partial charge in [0.2, 0.25) is 0 Å². The molecule has 0 unspecified atom stereocenters. The molecule has 2 radical (unpaired) electrons. The van der Waals surface area contributed by atoms with Crippen LogP contribution in [-0.4, -0.2) is 7.85 Å². The van der Waals surface area contributed by atoms with E-state index in [1.807, 2.05) is 6.07 Å². The van der Waals surface area contributed by atoms with Gasteiger partial charge in [0.25, 0.3) is 0 Å². The fraction of sp³-hybridized carbons (Fsp3) is 0.333. The number of rotatable bonds is 0. The molecule has 0 saturated heterocycles. The summed E-state index contributed by atoms with van der Waals surface area (Å²) in [6, 6.07) is 3.99. The van der Waals surface area contributed by atoms with Crippen LogP contribution in [0.4, 0.5) is 5.69 Å². The average Bonchev–Trinajstić information content (AvgIpc) is 2.45. The monoisotopic (exact) mass is 143 g/mol. The molecule has 0 saturated carbocycles. The van der Waals surface area contributed by atoms with Crippen LogP contribution in [0.3, 0.4) is 0 Å². The quantitative estimate of drug-likeness (QED) is 0.416. The fourth-order valence-corrected chi connectivity index (χ4v) is 1.71. The molecular weight excluding hydrogens is 133 g/mol. The Morgan fingerprint density at radius 2 is 2.09 bits per heavy atom. The van der Waals surface area contributed by atoms with Crippen LogP contribution >= 0.6 is 0 Å². The molecule has 1 aliphatic carbocycles. The first-order valence-corrected chi connectivity index (χ1v) is 3.95. The van der Waals surface area contributed by atoms with Gasteiger partial charge in [-0.05, 0) is 30.4 Å². The third-order valence-corrected chi connectivity index (χ3v) is 2.36. The predicted octanol–water partition coefficient (Wildman–Crippen LogP) is 0.551. The second-order valence-electron chi connectivity index (χ2n) is 3.06. The van der Waals surface area contributed by atoms with Gasteiger partial charge < -0.3 is 5.73 Å². The number of fused-ring (bicyclic) bond motifs is 1. The molecular formula is C9H10BN. The molecule has 0 spiro atoms. The van der Waals surface area contributed by atoms with E-state index in [0.717, 1.165) is 17.6 Å². The van der Waals surface area contributed by atoms with Gasteiger partial charge in [-0.2, -0.15) is 0 Å². The summed E-state index contributed by atoms with van der Waals surface area (Å²) in [4.78, 5) is 0. The molecule has 0 atom stereocenters. The maximum absolute atomic E-state index is 5.81. The first-order chi connectivity index (χ1) is 5.29. The van der Waals surface area contributed by atoms with Crippen molar-refractivity contribution in [1.29, 1.82) is 0 Å². The Bertz CT molecular complexity index is 294. The Labute approximate surface area is 68.0 Å². The molecule has 1 aliphatic rings. The van der Waals surface area contributed by atoms with Crippen LogP contribution in [0.25, 0.3) is 0 Å². The van der Waals surface area contributed by atoms with Crippen molar-refractivity contribution in [1.82, 2.24) is 0 Å². The fourth-order valence-electron chi connectivity index (χ4n) is 1.71. The van der Waals surface area contributed by atoms with Gasteiger partial charge in [-0.25, -0.2) is 0 Å². The van der Waals surface area contributed by atoms with E-state index in [0.29, 0.717) is 0 Å². The van der Waals surface area contributed by atoms with Gasteiger partial charge in [-0.1, -0.05) is 17.6 Å². The van der Waals surface area contributed by atoms with Gasteiger partial charge in [-0.15, -0.1) is 0 Å². The molecule has 1 aromatic rings. The van der Waals surface area contributed by atoms with Crippen LogP contribution in [-0.2, 0) is 12.8 Å². The van der Waals surface area contributed by atoms with Gasteiger partial charge in [0.15, 0.2) is 0 Å². The molecule has 1 aromatic carbocycles. The van der Waals surface area contributed by atoms with Gasteiger partial charge >= 0.3 is 0 Å². The normalized spacial score (nSPS) is 14.9. The average molecular weight is 143 g/mol. The molecule has 0 aliphatic heterocycles. The second-order valence-corrected chi connectivity index (χ2v) is 3.06. The van der Waals surface area contributed by atoms with Crippen LogP contribution in [0.2, 0.25) is 0 Å². The number of nitrogens with two attached hydrogens (primary N) is 1. The van der Waals surface area contributed by atoms with Crippen molar-refractivity contribution in [3.05, 3.63) is 23.3 Å². The van der Waals surface area contributed by atoms with E-state index in [2.05, 4.69) is 6.07 Å². The van der Waals surface area contributed by atoms with Gasteiger partial charge in [0.05, 0.1) is 0 Å². The molecule has 0 amide bonds. The Hall–Kier alpha value is -0.915. The second kappa shape index (κ2) is 2.30. The van der Waals surface area contributed by atoms with Crippen LogP contribution in [0.1, 0.15) is 17.5 Å². The molecule has 0 fully saturated rings. The topological polar surface area (TPSA) is 26.0 Å². The minimum Gasteiger partial charge on any atom is -0.399 e. The summed E-state index contributed by atoms with van der Waals surface area (Å²) in [7, 11) is 5.67. The van der Waals surface area contributed by atoms with Crippen LogP contribution in [0, 0.1) is 0 Å². The number of nitrogen functional groups attached to an aromatic ring is 1. The maximum Gasteiger partial charge on any atom is 0.116 e. The van der Waals surface area contributed by atoms with E-state index in [-0.39, 0.29) is 0 Å². The van der Waals surface area contributed by atoms with Crippen molar-refractivity contribution in [3.63, 3.8) is 0 Å². The van der Waals surface area contributed by atoms with Crippen LogP contribution in [0.5, 0.6) is 0 Å². The van der Waals surface area contributed by atoms with E-state index in [9.17, 15) is 0 Å². The van der Waals surface area contributed by atoms with E-state index in [1.54, 1.807) is 0 Å². The van der Waals surface area contributed by atoms with E-state index in [1.165, 1.54) is 24.0 Å². The molecule has 2 heteroatoms. The van der Waals surface area contributed by atoms with Crippen LogP contribution < -0.4 is 11.2 Å². The minimum absolute atomic E-state index is 0.727. The van der Waals surface area contributed by atoms with E-state index >= 15 is 0 Å². The standard InChI is InChI=1S/C9H10BN/c10-8-5-4-6-2-1-3-7(6)9(8)11/h4-5H,1-3,11H2.